The summed E-state index contributed by atoms with van der Waals surface area (Å²) in [5.41, 5.74) is 1.98. The van der Waals surface area contributed by atoms with Gasteiger partial charge in [0.1, 0.15) is 6.17 Å². The van der Waals surface area contributed by atoms with E-state index in [2.05, 4.69) is 0 Å². The molecule has 0 aliphatic heterocycles. The fraction of sp³-hybridized carbons (Fsp3) is 0.800. The van der Waals surface area contributed by atoms with Crippen LogP contribution in [0.3, 0.4) is 0 Å². The first-order valence-electron chi connectivity index (χ1n) is 2.88. The second-order valence-corrected chi connectivity index (χ2v) is 2.27. The molecule has 1 aliphatic carbocycles. The van der Waals surface area contributed by atoms with Gasteiger partial charge < -0.3 is 0 Å². The largest absolute Gasteiger partial charge is 0.294 e. The fourth-order valence-electron chi connectivity index (χ4n) is 0.880. The second-order valence-electron chi connectivity index (χ2n) is 2.27. The molecule has 0 saturated heterocycles. The van der Waals surface area contributed by atoms with Crippen LogP contribution in [0.4, 0.5) is 4.39 Å². The summed E-state index contributed by atoms with van der Waals surface area (Å²) >= 11 is 0. The third-order valence-corrected chi connectivity index (χ3v) is 1.59. The average molecular weight is 132 g/mol. The highest BCUT2D eigenvalue weighted by molar-refractivity contribution is 5.78. The first-order valence-corrected chi connectivity index (χ1v) is 2.88. The van der Waals surface area contributed by atoms with Crippen LogP contribution in [-0.4, -0.2) is 12.1 Å². The van der Waals surface area contributed by atoms with E-state index in [1.54, 1.807) is 0 Å². The molecular formula is C5H9FN2O. The number of rotatable bonds is 1. The molecule has 0 atom stereocenters. The highest BCUT2D eigenvalue weighted by Crippen LogP contribution is 2.29. The molecule has 1 saturated carbocycles. The highest BCUT2D eigenvalue weighted by Gasteiger charge is 2.33. The Bertz CT molecular complexity index is 122. The molecular weight excluding hydrogens is 123 g/mol. The zero-order valence-corrected chi connectivity index (χ0v) is 4.93. The molecule has 1 amide bonds. The Balaban J connectivity index is 2.23. The van der Waals surface area contributed by atoms with Crippen LogP contribution in [0.1, 0.15) is 12.8 Å². The van der Waals surface area contributed by atoms with Crippen LogP contribution in [-0.2, 0) is 4.79 Å². The first-order chi connectivity index (χ1) is 4.24. The summed E-state index contributed by atoms with van der Waals surface area (Å²) in [6.07, 6.45) is -0.112. The number of carbonyl (C=O) groups excluding carboxylic acids is 1. The van der Waals surface area contributed by atoms with Gasteiger partial charge in [0.05, 0.1) is 0 Å². The van der Waals surface area contributed by atoms with Crippen molar-refractivity contribution in [2.45, 2.75) is 19.0 Å². The van der Waals surface area contributed by atoms with E-state index in [9.17, 15) is 9.18 Å². The molecule has 1 rings (SSSR count). The van der Waals surface area contributed by atoms with Crippen molar-refractivity contribution in [1.82, 2.24) is 5.43 Å². The summed E-state index contributed by atoms with van der Waals surface area (Å²) in [4.78, 5) is 10.5. The van der Waals surface area contributed by atoms with Crippen molar-refractivity contribution in [3.63, 3.8) is 0 Å². The number of hydrazine groups is 1. The summed E-state index contributed by atoms with van der Waals surface area (Å²) in [7, 11) is 0. The van der Waals surface area contributed by atoms with Gasteiger partial charge in [0.2, 0.25) is 5.91 Å². The number of amides is 1. The maximum Gasteiger partial charge on any atom is 0.237 e. The van der Waals surface area contributed by atoms with E-state index in [4.69, 9.17) is 5.84 Å². The molecule has 0 radical (unpaired) electrons. The van der Waals surface area contributed by atoms with Crippen LogP contribution in [0.2, 0.25) is 0 Å². The predicted molar refractivity (Wildman–Crippen MR) is 30.0 cm³/mol. The standard InChI is InChI=1S/C5H9FN2O/c6-4-1-3(2-4)5(9)8-7/h3-4H,1-2,7H2,(H,8,9). The van der Waals surface area contributed by atoms with Crippen LogP contribution in [0.5, 0.6) is 0 Å². The van der Waals surface area contributed by atoms with E-state index in [1.807, 2.05) is 5.43 Å². The molecule has 3 nitrogen and oxygen atoms in total. The summed E-state index contributed by atoms with van der Waals surface area (Å²) in [6.45, 7) is 0. The molecule has 52 valence electrons. The number of halogens is 1. The molecule has 0 aromatic heterocycles. The lowest BCUT2D eigenvalue weighted by Crippen LogP contribution is -2.42. The molecule has 0 spiro atoms. The Morgan fingerprint density at radius 3 is 2.56 bits per heavy atom. The van der Waals surface area contributed by atoms with Gasteiger partial charge in [0.25, 0.3) is 0 Å². The summed E-state index contributed by atoms with van der Waals surface area (Å²) in [6, 6.07) is 0. The maximum atomic E-state index is 12.0. The molecule has 0 bridgehead atoms. The van der Waals surface area contributed by atoms with Crippen molar-refractivity contribution in [2.75, 3.05) is 0 Å². The van der Waals surface area contributed by atoms with E-state index in [1.165, 1.54) is 0 Å². The first kappa shape index (κ1) is 6.48. The smallest absolute Gasteiger partial charge is 0.237 e. The van der Waals surface area contributed by atoms with Crippen molar-refractivity contribution in [3.05, 3.63) is 0 Å². The third-order valence-electron chi connectivity index (χ3n) is 1.59. The quantitative estimate of drug-likeness (QED) is 0.293. The molecule has 4 heteroatoms. The van der Waals surface area contributed by atoms with Gasteiger partial charge in [-0.2, -0.15) is 0 Å². The number of carbonyl (C=O) groups is 1. The maximum absolute atomic E-state index is 12.0. The van der Waals surface area contributed by atoms with Crippen molar-refractivity contribution < 1.29 is 9.18 Å². The van der Waals surface area contributed by atoms with Gasteiger partial charge in [0, 0.05) is 5.92 Å². The molecule has 1 aliphatic rings. The summed E-state index contributed by atoms with van der Waals surface area (Å²) < 4.78 is 12.0. The lowest BCUT2D eigenvalue weighted by molar-refractivity contribution is -0.129. The average Bonchev–Trinajstić information content (AvgIpc) is 1.79. The van der Waals surface area contributed by atoms with Crippen molar-refractivity contribution in [2.24, 2.45) is 11.8 Å². The van der Waals surface area contributed by atoms with Gasteiger partial charge in [-0.25, -0.2) is 10.2 Å². The Kier molecular flexibility index (Phi) is 1.66. The van der Waals surface area contributed by atoms with Gasteiger partial charge in [0.15, 0.2) is 0 Å². The number of nitrogens with one attached hydrogen (secondary N) is 1. The molecule has 0 unspecified atom stereocenters. The SMILES string of the molecule is NNC(=O)C1CC(F)C1. The highest BCUT2D eigenvalue weighted by atomic mass is 19.1. The zero-order chi connectivity index (χ0) is 6.85. The molecule has 0 aromatic rings. The summed E-state index contributed by atoms with van der Waals surface area (Å²) in [5.74, 6) is 4.38. The Morgan fingerprint density at radius 1 is 1.67 bits per heavy atom. The number of alkyl halides is 1. The minimum atomic E-state index is -0.785. The van der Waals surface area contributed by atoms with Crippen LogP contribution in [0.15, 0.2) is 0 Å². The van der Waals surface area contributed by atoms with E-state index < -0.39 is 6.17 Å². The van der Waals surface area contributed by atoms with E-state index in [0.717, 1.165) is 0 Å². The van der Waals surface area contributed by atoms with Crippen LogP contribution in [0.25, 0.3) is 0 Å². The molecule has 0 aromatic carbocycles. The third kappa shape index (κ3) is 1.18. The molecule has 9 heavy (non-hydrogen) atoms. The topological polar surface area (TPSA) is 55.1 Å². The minimum absolute atomic E-state index is 0.176. The Labute approximate surface area is 52.4 Å². The lowest BCUT2D eigenvalue weighted by Gasteiger charge is -2.27. The predicted octanol–water partition coefficient (Wildman–Crippen LogP) is -0.276. The lowest BCUT2D eigenvalue weighted by atomic mass is 9.83. The zero-order valence-electron chi connectivity index (χ0n) is 4.93. The second kappa shape index (κ2) is 2.31. The van der Waals surface area contributed by atoms with Crippen molar-refractivity contribution in [1.29, 1.82) is 0 Å². The fourth-order valence-corrected chi connectivity index (χ4v) is 0.880. The van der Waals surface area contributed by atoms with Crippen LogP contribution in [0, 0.1) is 5.92 Å². The van der Waals surface area contributed by atoms with Crippen LogP contribution < -0.4 is 11.3 Å². The molecule has 0 heterocycles. The van der Waals surface area contributed by atoms with E-state index in [0.29, 0.717) is 12.8 Å². The number of nitrogens with two attached hydrogens (primary N) is 1. The Morgan fingerprint density at radius 2 is 2.22 bits per heavy atom. The molecule has 1 fully saturated rings. The van der Waals surface area contributed by atoms with Gasteiger partial charge in [-0.05, 0) is 12.8 Å². The number of hydrogen-bond acceptors (Lipinski definition) is 2. The van der Waals surface area contributed by atoms with Gasteiger partial charge in [-0.3, -0.25) is 10.2 Å². The van der Waals surface area contributed by atoms with Crippen LogP contribution >= 0.6 is 0 Å². The van der Waals surface area contributed by atoms with Crippen molar-refractivity contribution >= 4 is 5.91 Å². The van der Waals surface area contributed by atoms with Crippen molar-refractivity contribution in [3.8, 4) is 0 Å². The number of hydrogen-bond donors (Lipinski definition) is 2. The normalized spacial score (nSPS) is 33.1. The van der Waals surface area contributed by atoms with Gasteiger partial charge in [-0.15, -0.1) is 0 Å². The Hall–Kier alpha value is -0.640. The monoisotopic (exact) mass is 132 g/mol. The van der Waals surface area contributed by atoms with E-state index in [-0.39, 0.29) is 11.8 Å². The van der Waals surface area contributed by atoms with E-state index >= 15 is 0 Å². The minimum Gasteiger partial charge on any atom is -0.294 e. The van der Waals surface area contributed by atoms with Gasteiger partial charge >= 0.3 is 0 Å². The van der Waals surface area contributed by atoms with Gasteiger partial charge in [-0.1, -0.05) is 0 Å². The molecule has 3 N–H and O–H groups in total. The summed E-state index contributed by atoms with van der Waals surface area (Å²) in [5, 5.41) is 0.